The van der Waals surface area contributed by atoms with Crippen molar-refractivity contribution in [3.63, 3.8) is 0 Å². The average molecular weight is 470 g/mol. The highest BCUT2D eigenvalue weighted by Crippen LogP contribution is 2.48. The lowest BCUT2D eigenvalue weighted by Crippen LogP contribution is -2.42. The number of aliphatic hydroxyl groups excluding tert-OH is 2. The summed E-state index contributed by atoms with van der Waals surface area (Å²) in [5, 5.41) is 20.8. The summed E-state index contributed by atoms with van der Waals surface area (Å²) >= 11 is 0. The first-order valence-corrected chi connectivity index (χ1v) is 12.1. The summed E-state index contributed by atoms with van der Waals surface area (Å²) in [6, 6.07) is 0. The van der Waals surface area contributed by atoms with Crippen molar-refractivity contribution in [1.29, 1.82) is 0 Å². The van der Waals surface area contributed by atoms with Crippen molar-refractivity contribution < 1.29 is 47.7 Å². The van der Waals surface area contributed by atoms with Gasteiger partial charge in [-0.1, -0.05) is 0 Å². The number of hydrogen-bond donors (Lipinski definition) is 3. The SMILES string of the molecule is C[C@@H]1O[C@H](COC(C)(C)C)[C@H](O)C1OP(=O)(O)OC[C@H]1O[C@@H](C)C(O)[C@H]1OC(C)(C)C. The highest BCUT2D eigenvalue weighted by Gasteiger charge is 2.48. The minimum Gasteiger partial charge on any atom is -0.388 e. The Morgan fingerprint density at radius 3 is 1.97 bits per heavy atom. The van der Waals surface area contributed by atoms with Gasteiger partial charge in [0.1, 0.15) is 36.6 Å². The number of hydrogen-bond acceptors (Lipinski definition) is 9. The molecular weight excluding hydrogens is 431 g/mol. The van der Waals surface area contributed by atoms with Gasteiger partial charge >= 0.3 is 7.82 Å². The van der Waals surface area contributed by atoms with Crippen molar-refractivity contribution in [2.45, 2.75) is 115 Å². The number of ether oxygens (including phenoxy) is 4. The highest BCUT2D eigenvalue weighted by atomic mass is 31.2. The van der Waals surface area contributed by atoms with Gasteiger partial charge in [0, 0.05) is 0 Å². The van der Waals surface area contributed by atoms with Gasteiger partial charge in [0.25, 0.3) is 0 Å². The third-order valence-corrected chi connectivity index (χ3v) is 5.96. The maximum Gasteiger partial charge on any atom is 0.472 e. The molecular formula is C20H39O10P. The minimum absolute atomic E-state index is 0.114. The molecule has 0 saturated carbocycles. The van der Waals surface area contributed by atoms with E-state index in [0.717, 1.165) is 0 Å². The predicted octanol–water partition coefficient (Wildman–Crippen LogP) is 1.78. The van der Waals surface area contributed by atoms with E-state index in [1.165, 1.54) is 0 Å². The Labute approximate surface area is 184 Å². The summed E-state index contributed by atoms with van der Waals surface area (Å²) in [6.07, 6.45) is -6.49. The fourth-order valence-electron chi connectivity index (χ4n) is 3.50. The van der Waals surface area contributed by atoms with Crippen LogP contribution < -0.4 is 0 Å². The first kappa shape index (κ1) is 27.1. The van der Waals surface area contributed by atoms with Crippen LogP contribution in [0.5, 0.6) is 0 Å². The summed E-state index contributed by atoms with van der Waals surface area (Å²) in [4.78, 5) is 10.2. The number of rotatable bonds is 8. The number of phosphoric ester groups is 1. The molecule has 0 aromatic carbocycles. The summed E-state index contributed by atoms with van der Waals surface area (Å²) in [7, 11) is -4.56. The fraction of sp³-hybridized carbons (Fsp3) is 1.00. The Balaban J connectivity index is 1.94. The third-order valence-electron chi connectivity index (χ3n) is 4.97. The number of aliphatic hydroxyl groups is 2. The van der Waals surface area contributed by atoms with E-state index in [-0.39, 0.29) is 13.2 Å². The van der Waals surface area contributed by atoms with Gasteiger partial charge in [0.15, 0.2) is 0 Å². The molecule has 31 heavy (non-hydrogen) atoms. The lowest BCUT2D eigenvalue weighted by molar-refractivity contribution is -0.119. The van der Waals surface area contributed by atoms with E-state index in [9.17, 15) is 19.7 Å². The fourth-order valence-corrected chi connectivity index (χ4v) is 4.50. The first-order valence-electron chi connectivity index (χ1n) is 10.6. The molecule has 0 radical (unpaired) electrons. The van der Waals surface area contributed by atoms with Crippen LogP contribution in [0.3, 0.4) is 0 Å². The van der Waals surface area contributed by atoms with Crippen LogP contribution in [0.15, 0.2) is 0 Å². The highest BCUT2D eigenvalue weighted by molar-refractivity contribution is 7.47. The van der Waals surface area contributed by atoms with E-state index >= 15 is 0 Å². The normalized spacial score (nSPS) is 39.1. The molecule has 2 saturated heterocycles. The zero-order valence-electron chi connectivity index (χ0n) is 19.7. The quantitative estimate of drug-likeness (QED) is 0.451. The zero-order chi connectivity index (χ0) is 23.8. The van der Waals surface area contributed by atoms with Crippen LogP contribution in [0.4, 0.5) is 0 Å². The molecule has 2 aliphatic heterocycles. The molecule has 0 bridgehead atoms. The van der Waals surface area contributed by atoms with E-state index in [4.69, 9.17) is 28.0 Å². The molecule has 184 valence electrons. The van der Waals surface area contributed by atoms with E-state index in [2.05, 4.69) is 0 Å². The maximum atomic E-state index is 12.6. The molecule has 0 spiro atoms. The lowest BCUT2D eigenvalue weighted by atomic mass is 10.1. The molecule has 10 nitrogen and oxygen atoms in total. The van der Waals surface area contributed by atoms with Crippen LogP contribution in [0.1, 0.15) is 55.4 Å². The van der Waals surface area contributed by atoms with Crippen molar-refractivity contribution in [3.05, 3.63) is 0 Å². The summed E-state index contributed by atoms with van der Waals surface area (Å²) in [5.41, 5.74) is -0.975. The zero-order valence-corrected chi connectivity index (χ0v) is 20.6. The molecule has 2 aliphatic rings. The van der Waals surface area contributed by atoms with E-state index < -0.39 is 67.9 Å². The molecule has 2 heterocycles. The Kier molecular flexibility index (Phi) is 8.76. The second kappa shape index (κ2) is 10.0. The Hall–Kier alpha value is -0.130. The molecule has 2 fully saturated rings. The standard InChI is InChI=1S/C20H39O10P/c1-11-15(21)18(29-20(6,7)8)14(27-11)10-26-31(23,24)30-17-12(2)28-13(16(17)22)9-25-19(3,4)5/h11-18,21-22H,9-10H2,1-8H3,(H,23,24)/t11-,12-,13+,14+,15?,16-,17?,18-/m0/s1. The minimum atomic E-state index is -4.56. The smallest absolute Gasteiger partial charge is 0.388 e. The summed E-state index contributed by atoms with van der Waals surface area (Å²) < 4.78 is 45.7. The van der Waals surface area contributed by atoms with Gasteiger partial charge in [0.05, 0.1) is 36.6 Å². The van der Waals surface area contributed by atoms with E-state index in [1.807, 2.05) is 41.5 Å². The van der Waals surface area contributed by atoms with Gasteiger partial charge in [-0.3, -0.25) is 9.05 Å². The molecule has 2 rings (SSSR count). The molecule has 0 aromatic heterocycles. The largest absolute Gasteiger partial charge is 0.472 e. The van der Waals surface area contributed by atoms with Gasteiger partial charge in [-0.25, -0.2) is 4.57 Å². The van der Waals surface area contributed by atoms with Gasteiger partial charge in [-0.05, 0) is 55.4 Å². The van der Waals surface area contributed by atoms with Gasteiger partial charge in [0.2, 0.25) is 0 Å². The lowest BCUT2D eigenvalue weighted by Gasteiger charge is -2.29. The molecule has 0 amide bonds. The van der Waals surface area contributed by atoms with Crippen LogP contribution in [0.25, 0.3) is 0 Å². The Morgan fingerprint density at radius 2 is 1.42 bits per heavy atom. The first-order chi connectivity index (χ1) is 14.0. The van der Waals surface area contributed by atoms with Crippen LogP contribution in [0, 0.1) is 0 Å². The second-order valence-corrected chi connectivity index (χ2v) is 11.6. The van der Waals surface area contributed by atoms with Crippen molar-refractivity contribution in [2.24, 2.45) is 0 Å². The molecule has 0 aliphatic carbocycles. The van der Waals surface area contributed by atoms with Crippen LogP contribution in [0.2, 0.25) is 0 Å². The molecule has 9 atom stereocenters. The van der Waals surface area contributed by atoms with Crippen molar-refractivity contribution in [3.8, 4) is 0 Å². The summed E-state index contributed by atoms with van der Waals surface area (Å²) in [5.74, 6) is 0. The molecule has 3 N–H and O–H groups in total. The van der Waals surface area contributed by atoms with E-state index in [0.29, 0.717) is 0 Å². The number of phosphoric acid groups is 1. The maximum absolute atomic E-state index is 12.6. The predicted molar refractivity (Wildman–Crippen MR) is 112 cm³/mol. The van der Waals surface area contributed by atoms with Gasteiger partial charge in [-0.15, -0.1) is 0 Å². The average Bonchev–Trinajstić information content (AvgIpc) is 3.01. The van der Waals surface area contributed by atoms with Crippen molar-refractivity contribution in [2.75, 3.05) is 13.2 Å². The third kappa shape index (κ3) is 7.99. The van der Waals surface area contributed by atoms with Crippen molar-refractivity contribution >= 4 is 7.82 Å². The monoisotopic (exact) mass is 470 g/mol. The van der Waals surface area contributed by atoms with Crippen molar-refractivity contribution in [1.82, 2.24) is 0 Å². The molecule has 0 aromatic rings. The second-order valence-electron chi connectivity index (χ2n) is 10.2. The topological polar surface area (TPSA) is 133 Å². The van der Waals surface area contributed by atoms with Gasteiger partial charge < -0.3 is 34.1 Å². The van der Waals surface area contributed by atoms with Crippen LogP contribution >= 0.6 is 7.82 Å². The Bertz CT molecular complexity index is 630. The van der Waals surface area contributed by atoms with Crippen LogP contribution in [-0.2, 0) is 32.6 Å². The van der Waals surface area contributed by atoms with E-state index in [1.54, 1.807) is 13.8 Å². The summed E-state index contributed by atoms with van der Waals surface area (Å²) in [6.45, 7) is 14.2. The van der Waals surface area contributed by atoms with Gasteiger partial charge in [-0.2, -0.15) is 0 Å². The molecule has 11 heteroatoms. The molecule has 3 unspecified atom stereocenters. The Morgan fingerprint density at radius 1 is 0.839 bits per heavy atom. The van der Waals surface area contributed by atoms with Crippen LogP contribution in [-0.4, -0.2) is 88.4 Å².